The number of carbonyl (C=O) groups excluding carboxylic acids is 1. The van der Waals surface area contributed by atoms with Crippen LogP contribution in [-0.2, 0) is 0 Å². The van der Waals surface area contributed by atoms with Crippen molar-refractivity contribution in [3.63, 3.8) is 0 Å². The first kappa shape index (κ1) is 11.8. The van der Waals surface area contributed by atoms with Crippen molar-refractivity contribution in [3.05, 3.63) is 23.8 Å². The van der Waals surface area contributed by atoms with E-state index >= 15 is 0 Å². The Kier molecular flexibility index (Phi) is 3.22. The fourth-order valence-electron chi connectivity index (χ4n) is 1.84. The molecule has 1 aliphatic carbocycles. The van der Waals surface area contributed by atoms with Crippen LogP contribution in [0.4, 0.5) is 0 Å². The lowest BCUT2D eigenvalue weighted by Gasteiger charge is -2.13. The van der Waals surface area contributed by atoms with E-state index in [1.807, 2.05) is 6.92 Å². The van der Waals surface area contributed by atoms with Crippen molar-refractivity contribution < 1.29 is 14.6 Å². The van der Waals surface area contributed by atoms with E-state index in [0.29, 0.717) is 17.2 Å². The SMILES string of the molecule is COc1ccc(C(=O)NC(C)C2CC2)cc1O. The summed E-state index contributed by atoms with van der Waals surface area (Å²) < 4.78 is 4.93. The Morgan fingerprint density at radius 1 is 1.53 bits per heavy atom. The minimum Gasteiger partial charge on any atom is -0.504 e. The van der Waals surface area contributed by atoms with E-state index in [9.17, 15) is 9.90 Å². The highest BCUT2D eigenvalue weighted by Crippen LogP contribution is 2.32. The fourth-order valence-corrected chi connectivity index (χ4v) is 1.84. The van der Waals surface area contributed by atoms with Gasteiger partial charge >= 0.3 is 0 Å². The van der Waals surface area contributed by atoms with E-state index in [0.717, 1.165) is 0 Å². The summed E-state index contributed by atoms with van der Waals surface area (Å²) in [7, 11) is 1.48. The molecule has 1 unspecified atom stereocenters. The molecule has 0 aromatic heterocycles. The topological polar surface area (TPSA) is 58.6 Å². The van der Waals surface area contributed by atoms with Gasteiger partial charge in [-0.2, -0.15) is 0 Å². The van der Waals surface area contributed by atoms with Crippen molar-refractivity contribution in [2.24, 2.45) is 5.92 Å². The van der Waals surface area contributed by atoms with Crippen LogP contribution in [0.1, 0.15) is 30.1 Å². The Morgan fingerprint density at radius 2 is 2.24 bits per heavy atom. The standard InChI is InChI=1S/C13H17NO3/c1-8(9-3-4-9)14-13(16)10-5-6-12(17-2)11(15)7-10/h5-9,15H,3-4H2,1-2H3,(H,14,16). The molecule has 2 N–H and O–H groups in total. The van der Waals surface area contributed by atoms with Crippen molar-refractivity contribution in [1.29, 1.82) is 0 Å². The van der Waals surface area contributed by atoms with Gasteiger partial charge in [0.05, 0.1) is 7.11 Å². The molecule has 1 aromatic carbocycles. The van der Waals surface area contributed by atoms with Gasteiger partial charge in [0, 0.05) is 11.6 Å². The molecule has 0 bridgehead atoms. The summed E-state index contributed by atoms with van der Waals surface area (Å²) in [4.78, 5) is 11.9. The zero-order valence-electron chi connectivity index (χ0n) is 10.1. The third kappa shape index (κ3) is 2.70. The minimum absolute atomic E-state index is 0.0146. The van der Waals surface area contributed by atoms with Gasteiger partial charge in [0.25, 0.3) is 5.91 Å². The molecule has 1 fully saturated rings. The molecule has 1 aromatic rings. The van der Waals surface area contributed by atoms with Gasteiger partial charge in [-0.15, -0.1) is 0 Å². The molecule has 0 heterocycles. The van der Waals surface area contributed by atoms with E-state index in [1.54, 1.807) is 12.1 Å². The highest BCUT2D eigenvalue weighted by Gasteiger charge is 2.29. The maximum atomic E-state index is 11.9. The number of rotatable bonds is 4. The molecule has 2 rings (SSSR count). The van der Waals surface area contributed by atoms with E-state index in [1.165, 1.54) is 26.0 Å². The average Bonchev–Trinajstić information content (AvgIpc) is 3.12. The Labute approximate surface area is 101 Å². The minimum atomic E-state index is -0.151. The van der Waals surface area contributed by atoms with Gasteiger partial charge in [-0.3, -0.25) is 4.79 Å². The highest BCUT2D eigenvalue weighted by molar-refractivity contribution is 5.95. The number of benzene rings is 1. The predicted molar refractivity (Wildman–Crippen MR) is 64.3 cm³/mol. The first-order valence-electron chi connectivity index (χ1n) is 5.79. The largest absolute Gasteiger partial charge is 0.504 e. The normalized spacial score (nSPS) is 16.4. The van der Waals surface area contributed by atoms with Crippen molar-refractivity contribution in [3.8, 4) is 11.5 Å². The summed E-state index contributed by atoms with van der Waals surface area (Å²) in [6.07, 6.45) is 2.38. The van der Waals surface area contributed by atoms with Gasteiger partial charge in [-0.25, -0.2) is 0 Å². The van der Waals surface area contributed by atoms with E-state index in [2.05, 4.69) is 5.32 Å². The van der Waals surface area contributed by atoms with Crippen LogP contribution in [0, 0.1) is 5.92 Å². The van der Waals surface area contributed by atoms with Crippen LogP contribution >= 0.6 is 0 Å². The van der Waals surface area contributed by atoms with Crippen LogP contribution in [0.5, 0.6) is 11.5 Å². The number of phenols is 1. The predicted octanol–water partition coefficient (Wildman–Crippen LogP) is 1.93. The number of ether oxygens (including phenoxy) is 1. The lowest BCUT2D eigenvalue weighted by Crippen LogP contribution is -2.33. The molecule has 1 saturated carbocycles. The molecule has 1 aliphatic rings. The van der Waals surface area contributed by atoms with Gasteiger partial charge in [-0.1, -0.05) is 0 Å². The molecule has 4 nitrogen and oxygen atoms in total. The molecule has 0 radical (unpaired) electrons. The molecule has 17 heavy (non-hydrogen) atoms. The van der Waals surface area contributed by atoms with Crippen LogP contribution in [0.25, 0.3) is 0 Å². The van der Waals surface area contributed by atoms with Crippen LogP contribution < -0.4 is 10.1 Å². The van der Waals surface area contributed by atoms with Crippen molar-refractivity contribution >= 4 is 5.91 Å². The number of phenolic OH excluding ortho intramolecular Hbond substituents is 1. The lowest BCUT2D eigenvalue weighted by molar-refractivity contribution is 0.0935. The fraction of sp³-hybridized carbons (Fsp3) is 0.462. The van der Waals surface area contributed by atoms with Gasteiger partial charge < -0.3 is 15.2 Å². The number of hydrogen-bond donors (Lipinski definition) is 2. The van der Waals surface area contributed by atoms with Crippen molar-refractivity contribution in [1.82, 2.24) is 5.32 Å². The molecule has 1 amide bonds. The van der Waals surface area contributed by atoms with Crippen LogP contribution in [0.2, 0.25) is 0 Å². The van der Waals surface area contributed by atoms with E-state index in [4.69, 9.17) is 4.74 Å². The van der Waals surface area contributed by atoms with Gasteiger partial charge in [0.1, 0.15) is 0 Å². The zero-order chi connectivity index (χ0) is 12.4. The van der Waals surface area contributed by atoms with Crippen LogP contribution in [0.15, 0.2) is 18.2 Å². The number of aromatic hydroxyl groups is 1. The average molecular weight is 235 g/mol. The number of amides is 1. The number of hydrogen-bond acceptors (Lipinski definition) is 3. The second kappa shape index (κ2) is 4.65. The Balaban J connectivity index is 2.05. The molecule has 0 spiro atoms. The van der Waals surface area contributed by atoms with Gasteiger partial charge in [0.2, 0.25) is 0 Å². The van der Waals surface area contributed by atoms with Crippen LogP contribution in [-0.4, -0.2) is 24.2 Å². The number of methoxy groups -OCH3 is 1. The first-order chi connectivity index (χ1) is 8.11. The maximum absolute atomic E-state index is 11.9. The van der Waals surface area contributed by atoms with Gasteiger partial charge in [-0.05, 0) is 43.9 Å². The van der Waals surface area contributed by atoms with Gasteiger partial charge in [0.15, 0.2) is 11.5 Å². The zero-order valence-corrected chi connectivity index (χ0v) is 10.1. The third-order valence-electron chi connectivity index (χ3n) is 3.13. The quantitative estimate of drug-likeness (QED) is 0.838. The highest BCUT2D eigenvalue weighted by atomic mass is 16.5. The first-order valence-corrected chi connectivity index (χ1v) is 5.79. The number of carbonyl (C=O) groups is 1. The second-order valence-electron chi connectivity index (χ2n) is 4.49. The van der Waals surface area contributed by atoms with E-state index < -0.39 is 0 Å². The summed E-state index contributed by atoms with van der Waals surface area (Å²) in [5.41, 5.74) is 0.454. The summed E-state index contributed by atoms with van der Waals surface area (Å²) in [6, 6.07) is 4.86. The second-order valence-corrected chi connectivity index (χ2v) is 4.49. The molecule has 4 heteroatoms. The third-order valence-corrected chi connectivity index (χ3v) is 3.13. The Morgan fingerprint density at radius 3 is 2.76 bits per heavy atom. The van der Waals surface area contributed by atoms with Crippen molar-refractivity contribution in [2.75, 3.05) is 7.11 Å². The maximum Gasteiger partial charge on any atom is 0.251 e. The number of nitrogens with one attached hydrogen (secondary N) is 1. The molecule has 1 atom stereocenters. The summed E-state index contributed by atoms with van der Waals surface area (Å²) in [5, 5.41) is 12.5. The molecule has 92 valence electrons. The van der Waals surface area contributed by atoms with Crippen molar-refractivity contribution in [2.45, 2.75) is 25.8 Å². The molecular weight excluding hydrogens is 218 g/mol. The molecule has 0 saturated heterocycles. The summed E-state index contributed by atoms with van der Waals surface area (Å²) in [6.45, 7) is 2.01. The Hall–Kier alpha value is -1.71. The molecule has 0 aliphatic heterocycles. The van der Waals surface area contributed by atoms with Crippen LogP contribution in [0.3, 0.4) is 0 Å². The lowest BCUT2D eigenvalue weighted by atomic mass is 10.1. The monoisotopic (exact) mass is 235 g/mol. The van der Waals surface area contributed by atoms with E-state index in [-0.39, 0.29) is 17.7 Å². The Bertz CT molecular complexity index is 427. The summed E-state index contributed by atoms with van der Waals surface area (Å²) >= 11 is 0. The smallest absolute Gasteiger partial charge is 0.251 e. The summed E-state index contributed by atoms with van der Waals surface area (Å²) in [5.74, 6) is 0.823. The molecular formula is C13H17NO3.